The lowest BCUT2D eigenvalue weighted by Gasteiger charge is -2.25. The van der Waals surface area contributed by atoms with Crippen molar-refractivity contribution in [2.75, 3.05) is 26.2 Å². The number of rotatable bonds is 8. The van der Waals surface area contributed by atoms with Crippen LogP contribution in [-0.2, 0) is 6.54 Å². The molecule has 0 radical (unpaired) electrons. The standard InChI is InChI=1S/C18H27N5O/c1-2-3-15-24-17-9-7-16(8-10-17)18-19-21-23(20-18)14-13-22-11-5-4-6-12-22/h7-10H,2-6,11-15H2,1H3. The van der Waals surface area contributed by atoms with Gasteiger partial charge in [-0.05, 0) is 61.8 Å². The number of piperidine rings is 1. The van der Waals surface area contributed by atoms with Gasteiger partial charge in [-0.25, -0.2) is 0 Å². The van der Waals surface area contributed by atoms with E-state index in [0.717, 1.165) is 43.9 Å². The Hall–Kier alpha value is -1.95. The molecule has 1 saturated heterocycles. The summed E-state index contributed by atoms with van der Waals surface area (Å²) in [5.74, 6) is 1.57. The van der Waals surface area contributed by atoms with E-state index in [-0.39, 0.29) is 0 Å². The Kier molecular flexibility index (Phi) is 6.18. The van der Waals surface area contributed by atoms with E-state index in [1.807, 2.05) is 24.3 Å². The first-order valence-corrected chi connectivity index (χ1v) is 9.08. The fourth-order valence-corrected chi connectivity index (χ4v) is 2.90. The molecule has 1 aromatic heterocycles. The largest absolute Gasteiger partial charge is 0.494 e. The minimum Gasteiger partial charge on any atom is -0.494 e. The van der Waals surface area contributed by atoms with Crippen LogP contribution in [0.4, 0.5) is 0 Å². The fourth-order valence-electron chi connectivity index (χ4n) is 2.90. The van der Waals surface area contributed by atoms with Crippen molar-refractivity contribution in [1.29, 1.82) is 0 Å². The maximum Gasteiger partial charge on any atom is 0.204 e. The summed E-state index contributed by atoms with van der Waals surface area (Å²) in [6.45, 7) is 7.11. The molecule has 0 aliphatic carbocycles. The van der Waals surface area contributed by atoms with E-state index >= 15 is 0 Å². The van der Waals surface area contributed by atoms with Crippen LogP contribution in [0.5, 0.6) is 5.75 Å². The Labute approximate surface area is 143 Å². The predicted octanol–water partition coefficient (Wildman–Crippen LogP) is 3.00. The Bertz CT molecular complexity index is 604. The van der Waals surface area contributed by atoms with Crippen LogP contribution in [0.15, 0.2) is 24.3 Å². The van der Waals surface area contributed by atoms with Crippen molar-refractivity contribution < 1.29 is 4.74 Å². The molecule has 0 saturated carbocycles. The Morgan fingerprint density at radius 2 is 1.83 bits per heavy atom. The molecule has 1 aromatic carbocycles. The summed E-state index contributed by atoms with van der Waals surface area (Å²) in [5.41, 5.74) is 0.974. The van der Waals surface area contributed by atoms with E-state index in [1.165, 1.54) is 32.4 Å². The maximum atomic E-state index is 5.68. The number of unbranched alkanes of at least 4 members (excludes halogenated alkanes) is 1. The monoisotopic (exact) mass is 329 g/mol. The highest BCUT2D eigenvalue weighted by molar-refractivity contribution is 5.55. The lowest BCUT2D eigenvalue weighted by atomic mass is 10.1. The van der Waals surface area contributed by atoms with Crippen LogP contribution in [0.25, 0.3) is 11.4 Å². The molecule has 2 aromatic rings. The summed E-state index contributed by atoms with van der Waals surface area (Å²) >= 11 is 0. The molecular weight excluding hydrogens is 302 g/mol. The molecule has 6 nitrogen and oxygen atoms in total. The molecule has 0 amide bonds. The molecule has 24 heavy (non-hydrogen) atoms. The summed E-state index contributed by atoms with van der Waals surface area (Å²) in [6, 6.07) is 7.93. The molecule has 130 valence electrons. The molecule has 0 unspecified atom stereocenters. The van der Waals surface area contributed by atoms with E-state index in [9.17, 15) is 0 Å². The number of hydrogen-bond donors (Lipinski definition) is 0. The Morgan fingerprint density at radius 1 is 1.04 bits per heavy atom. The summed E-state index contributed by atoms with van der Waals surface area (Å²) in [7, 11) is 0. The van der Waals surface area contributed by atoms with Gasteiger partial charge in [0.15, 0.2) is 0 Å². The lowest BCUT2D eigenvalue weighted by molar-refractivity contribution is 0.213. The van der Waals surface area contributed by atoms with Gasteiger partial charge in [0.05, 0.1) is 13.2 Å². The molecule has 0 spiro atoms. The topological polar surface area (TPSA) is 56.1 Å². The van der Waals surface area contributed by atoms with Gasteiger partial charge >= 0.3 is 0 Å². The van der Waals surface area contributed by atoms with Gasteiger partial charge in [0.25, 0.3) is 0 Å². The Balaban J connectivity index is 1.52. The van der Waals surface area contributed by atoms with Crippen LogP contribution in [0.3, 0.4) is 0 Å². The Morgan fingerprint density at radius 3 is 2.58 bits per heavy atom. The molecule has 2 heterocycles. The second-order valence-corrected chi connectivity index (χ2v) is 6.34. The fraction of sp³-hybridized carbons (Fsp3) is 0.611. The number of nitrogens with zero attached hydrogens (tertiary/aromatic N) is 5. The van der Waals surface area contributed by atoms with Crippen molar-refractivity contribution >= 4 is 0 Å². The first-order chi connectivity index (χ1) is 11.8. The van der Waals surface area contributed by atoms with Crippen molar-refractivity contribution in [2.45, 2.75) is 45.6 Å². The van der Waals surface area contributed by atoms with Crippen LogP contribution in [0.2, 0.25) is 0 Å². The van der Waals surface area contributed by atoms with Crippen LogP contribution < -0.4 is 4.74 Å². The molecular formula is C18H27N5O. The van der Waals surface area contributed by atoms with Gasteiger partial charge in [-0.2, -0.15) is 4.80 Å². The third kappa shape index (κ3) is 4.77. The molecule has 0 N–H and O–H groups in total. The van der Waals surface area contributed by atoms with E-state index in [1.54, 1.807) is 4.80 Å². The minimum absolute atomic E-state index is 0.675. The summed E-state index contributed by atoms with van der Waals surface area (Å²) in [6.07, 6.45) is 6.20. The van der Waals surface area contributed by atoms with Gasteiger partial charge in [-0.1, -0.05) is 19.8 Å². The number of tetrazole rings is 1. The lowest BCUT2D eigenvalue weighted by Crippen LogP contribution is -2.33. The van der Waals surface area contributed by atoms with E-state index in [4.69, 9.17) is 4.74 Å². The first kappa shape index (κ1) is 16.9. The number of aromatic nitrogens is 4. The zero-order valence-electron chi connectivity index (χ0n) is 14.5. The zero-order valence-corrected chi connectivity index (χ0v) is 14.5. The number of likely N-dealkylation sites (tertiary alicyclic amines) is 1. The van der Waals surface area contributed by atoms with Crippen molar-refractivity contribution in [3.63, 3.8) is 0 Å². The van der Waals surface area contributed by atoms with Crippen molar-refractivity contribution in [1.82, 2.24) is 25.1 Å². The number of hydrogen-bond acceptors (Lipinski definition) is 5. The van der Waals surface area contributed by atoms with Crippen molar-refractivity contribution in [3.05, 3.63) is 24.3 Å². The molecule has 1 aliphatic heterocycles. The second kappa shape index (κ2) is 8.78. The average molecular weight is 329 g/mol. The normalized spacial score (nSPS) is 15.5. The average Bonchev–Trinajstić information content (AvgIpc) is 3.11. The van der Waals surface area contributed by atoms with Crippen LogP contribution in [0.1, 0.15) is 39.0 Å². The molecule has 0 bridgehead atoms. The highest BCUT2D eigenvalue weighted by atomic mass is 16.5. The molecule has 3 rings (SSSR count). The zero-order chi connectivity index (χ0) is 16.6. The number of benzene rings is 1. The van der Waals surface area contributed by atoms with E-state index < -0.39 is 0 Å². The van der Waals surface area contributed by atoms with Crippen LogP contribution in [-0.4, -0.2) is 51.3 Å². The van der Waals surface area contributed by atoms with E-state index in [2.05, 4.69) is 27.2 Å². The van der Waals surface area contributed by atoms with Gasteiger partial charge < -0.3 is 9.64 Å². The van der Waals surface area contributed by atoms with Gasteiger partial charge in [-0.15, -0.1) is 10.2 Å². The predicted molar refractivity (Wildman–Crippen MR) is 93.9 cm³/mol. The minimum atomic E-state index is 0.675. The summed E-state index contributed by atoms with van der Waals surface area (Å²) in [4.78, 5) is 4.19. The van der Waals surface area contributed by atoms with Crippen LogP contribution >= 0.6 is 0 Å². The highest BCUT2D eigenvalue weighted by Gasteiger charge is 2.11. The molecule has 0 atom stereocenters. The summed E-state index contributed by atoms with van der Waals surface area (Å²) in [5, 5.41) is 12.9. The van der Waals surface area contributed by atoms with Gasteiger partial charge in [0.1, 0.15) is 5.75 Å². The summed E-state index contributed by atoms with van der Waals surface area (Å²) < 4.78 is 5.68. The highest BCUT2D eigenvalue weighted by Crippen LogP contribution is 2.19. The third-order valence-electron chi connectivity index (χ3n) is 4.40. The quantitative estimate of drug-likeness (QED) is 0.697. The van der Waals surface area contributed by atoms with Gasteiger partial charge in [0.2, 0.25) is 5.82 Å². The molecule has 1 aliphatic rings. The van der Waals surface area contributed by atoms with E-state index in [0.29, 0.717) is 5.82 Å². The molecule has 6 heteroatoms. The third-order valence-corrected chi connectivity index (χ3v) is 4.40. The van der Waals surface area contributed by atoms with Gasteiger partial charge in [-0.3, -0.25) is 0 Å². The first-order valence-electron chi connectivity index (χ1n) is 9.08. The molecule has 1 fully saturated rings. The maximum absolute atomic E-state index is 5.68. The number of ether oxygens (including phenoxy) is 1. The van der Waals surface area contributed by atoms with Crippen molar-refractivity contribution in [2.24, 2.45) is 0 Å². The van der Waals surface area contributed by atoms with Crippen molar-refractivity contribution in [3.8, 4) is 17.1 Å². The second-order valence-electron chi connectivity index (χ2n) is 6.34. The smallest absolute Gasteiger partial charge is 0.204 e. The van der Waals surface area contributed by atoms with Gasteiger partial charge in [0, 0.05) is 12.1 Å². The van der Waals surface area contributed by atoms with Crippen LogP contribution in [0, 0.1) is 0 Å². The SMILES string of the molecule is CCCCOc1ccc(-c2nnn(CCN3CCCCC3)n2)cc1.